The van der Waals surface area contributed by atoms with E-state index in [1.54, 1.807) is 9.80 Å². The van der Waals surface area contributed by atoms with Gasteiger partial charge in [0.25, 0.3) is 5.91 Å². The third kappa shape index (κ3) is 6.70. The van der Waals surface area contributed by atoms with Crippen LogP contribution in [0.3, 0.4) is 0 Å². The number of anilines is 2. The molecule has 12 heteroatoms. The van der Waals surface area contributed by atoms with Gasteiger partial charge < -0.3 is 35.1 Å². The predicted molar refractivity (Wildman–Crippen MR) is 201 cm³/mol. The molecule has 0 saturated carbocycles. The topological polar surface area (TPSA) is 131 Å². The van der Waals surface area contributed by atoms with Gasteiger partial charge in [0.1, 0.15) is 0 Å². The van der Waals surface area contributed by atoms with Gasteiger partial charge in [-0.25, -0.2) is 0 Å². The van der Waals surface area contributed by atoms with Gasteiger partial charge in [-0.15, -0.1) is 0 Å². The van der Waals surface area contributed by atoms with E-state index in [1.165, 1.54) is 0 Å². The summed E-state index contributed by atoms with van der Waals surface area (Å²) in [6, 6.07) is 21.0. The highest BCUT2D eigenvalue weighted by Gasteiger charge is 2.66. The number of amides is 3. The molecule has 7 rings (SSSR count). The number of hydrogen-bond donors (Lipinski definition) is 4. The standard InChI is InChI=1S/C39H47BrN4O6Si/c1-24-36(51(2,3)49)34(19-35(46)43-22-28-8-5-4-7-26(28)17-31(43)23-45)50-39(24)32-18-29(40)12-15-33(32)44(38(39)48)21-25-10-13-30(14-11-25)42-37(47)27-9-6-16-41-20-27/h4-5,7-8,10-15,18,24,27,31,34,36,41,45,49H,6,9,16-17,19-23H2,1-3H3,(H,42,47)/t24-,27?,31+,34+,36-,39+/m1/s1. The normalized spacial score (nSPS) is 27.4. The summed E-state index contributed by atoms with van der Waals surface area (Å²) in [4.78, 5) is 57.0. The maximum atomic E-state index is 14.9. The number of carbonyl (C=O) groups is 3. The number of benzene rings is 3. The van der Waals surface area contributed by atoms with Crippen LogP contribution in [0.4, 0.5) is 11.4 Å². The highest BCUT2D eigenvalue weighted by Crippen LogP contribution is 2.60. The smallest absolute Gasteiger partial charge is 0.264 e. The number of rotatable bonds is 8. The summed E-state index contributed by atoms with van der Waals surface area (Å²) in [5.74, 6) is -0.847. The molecule has 270 valence electrons. The third-order valence-electron chi connectivity index (χ3n) is 11.4. The molecule has 2 fully saturated rings. The van der Waals surface area contributed by atoms with Crippen LogP contribution in [-0.4, -0.2) is 72.7 Å². The molecular weight excluding hydrogens is 728 g/mol. The molecule has 0 radical (unpaired) electrons. The number of nitrogens with one attached hydrogen (secondary N) is 2. The molecule has 4 aliphatic rings. The molecule has 3 amide bonds. The Hall–Kier alpha value is -3.39. The van der Waals surface area contributed by atoms with Gasteiger partial charge in [-0.1, -0.05) is 59.3 Å². The lowest BCUT2D eigenvalue weighted by Crippen LogP contribution is -2.48. The van der Waals surface area contributed by atoms with E-state index >= 15 is 0 Å². The third-order valence-corrected chi connectivity index (χ3v) is 14.4. The molecule has 3 aromatic carbocycles. The fourth-order valence-corrected chi connectivity index (χ4v) is 11.8. The number of carbonyl (C=O) groups excluding carboxylic acids is 3. The van der Waals surface area contributed by atoms with E-state index in [2.05, 4.69) is 26.6 Å². The molecule has 10 nitrogen and oxygen atoms in total. The Morgan fingerprint density at radius 2 is 1.84 bits per heavy atom. The second kappa shape index (κ2) is 14.2. The van der Waals surface area contributed by atoms with Crippen LogP contribution < -0.4 is 15.5 Å². The number of hydrogen-bond acceptors (Lipinski definition) is 7. The van der Waals surface area contributed by atoms with Crippen LogP contribution in [0.5, 0.6) is 0 Å². The Bertz CT molecular complexity index is 1810. The molecule has 2 saturated heterocycles. The quantitative estimate of drug-likeness (QED) is 0.235. The summed E-state index contributed by atoms with van der Waals surface area (Å²) >= 11 is 3.62. The Morgan fingerprint density at radius 3 is 2.53 bits per heavy atom. The molecule has 3 aromatic rings. The lowest BCUT2D eigenvalue weighted by molar-refractivity contribution is -0.151. The van der Waals surface area contributed by atoms with Crippen molar-refractivity contribution in [2.75, 3.05) is 29.9 Å². The minimum atomic E-state index is -3.00. The molecule has 4 heterocycles. The summed E-state index contributed by atoms with van der Waals surface area (Å²) in [5, 5.41) is 16.6. The zero-order valence-corrected chi connectivity index (χ0v) is 32.0. The Labute approximate surface area is 308 Å². The number of aliphatic hydroxyl groups is 1. The summed E-state index contributed by atoms with van der Waals surface area (Å²) in [6.07, 6.45) is 1.71. The van der Waals surface area contributed by atoms with Crippen LogP contribution in [-0.2, 0) is 44.2 Å². The van der Waals surface area contributed by atoms with E-state index in [0.717, 1.165) is 51.8 Å². The Morgan fingerprint density at radius 1 is 1.10 bits per heavy atom. The average molecular weight is 776 g/mol. The van der Waals surface area contributed by atoms with Crippen molar-refractivity contribution < 1.29 is 29.0 Å². The van der Waals surface area contributed by atoms with Crippen LogP contribution >= 0.6 is 15.9 Å². The van der Waals surface area contributed by atoms with Crippen molar-refractivity contribution in [2.24, 2.45) is 11.8 Å². The highest BCUT2D eigenvalue weighted by atomic mass is 79.9. The first-order valence-corrected chi connectivity index (χ1v) is 21.8. The second-order valence-electron chi connectivity index (χ2n) is 15.2. The number of nitrogens with zero attached hydrogens (tertiary/aromatic N) is 2. The van der Waals surface area contributed by atoms with Gasteiger partial charge in [-0.3, -0.25) is 14.4 Å². The number of halogens is 1. The van der Waals surface area contributed by atoms with E-state index < -0.39 is 31.5 Å². The zero-order valence-electron chi connectivity index (χ0n) is 29.4. The van der Waals surface area contributed by atoms with Crippen LogP contribution in [0.15, 0.2) is 71.2 Å². The van der Waals surface area contributed by atoms with Crippen molar-refractivity contribution >= 4 is 53.3 Å². The number of fused-ring (bicyclic) bond motifs is 3. The maximum Gasteiger partial charge on any atom is 0.264 e. The van der Waals surface area contributed by atoms with Crippen molar-refractivity contribution in [3.63, 3.8) is 0 Å². The molecule has 0 aromatic heterocycles. The summed E-state index contributed by atoms with van der Waals surface area (Å²) < 4.78 is 7.74. The van der Waals surface area contributed by atoms with Gasteiger partial charge in [-0.05, 0) is 85.9 Å². The summed E-state index contributed by atoms with van der Waals surface area (Å²) in [5.41, 5.74) is 3.42. The maximum absolute atomic E-state index is 14.9. The van der Waals surface area contributed by atoms with E-state index in [4.69, 9.17) is 4.74 Å². The van der Waals surface area contributed by atoms with Crippen molar-refractivity contribution in [1.82, 2.24) is 10.2 Å². The molecular formula is C39H47BrN4O6Si. The van der Waals surface area contributed by atoms with Crippen LogP contribution in [0.1, 0.15) is 48.4 Å². The molecule has 4 aliphatic heterocycles. The van der Waals surface area contributed by atoms with Gasteiger partial charge in [-0.2, -0.15) is 0 Å². The minimum absolute atomic E-state index is 0.00681. The van der Waals surface area contributed by atoms with Crippen LogP contribution in [0.25, 0.3) is 0 Å². The van der Waals surface area contributed by atoms with Crippen molar-refractivity contribution in [3.05, 3.63) is 93.5 Å². The van der Waals surface area contributed by atoms with E-state index in [0.29, 0.717) is 25.2 Å². The SMILES string of the molecule is C[C@@H]1[C@@H]([Si](C)(C)O)[C@H](CC(=O)N2Cc3ccccc3C[C@H]2CO)O[C@@]12C(=O)N(Cc1ccc(NC(=O)C3CCCNC3)cc1)c1ccc(Br)cc12. The fourth-order valence-electron chi connectivity index (χ4n) is 8.93. The molecule has 1 unspecified atom stereocenters. The minimum Gasteiger partial charge on any atom is -0.432 e. The van der Waals surface area contributed by atoms with Crippen molar-refractivity contribution in [3.8, 4) is 0 Å². The first-order chi connectivity index (χ1) is 24.4. The first kappa shape index (κ1) is 36.0. The molecule has 6 atom stereocenters. The lowest BCUT2D eigenvalue weighted by atomic mass is 9.82. The van der Waals surface area contributed by atoms with Crippen LogP contribution in [0.2, 0.25) is 18.6 Å². The highest BCUT2D eigenvalue weighted by molar-refractivity contribution is 9.10. The fraction of sp³-hybridized carbons (Fsp3) is 0.462. The van der Waals surface area contributed by atoms with Crippen molar-refractivity contribution in [2.45, 2.75) is 82.1 Å². The largest absolute Gasteiger partial charge is 0.432 e. The van der Waals surface area contributed by atoms with Crippen molar-refractivity contribution in [1.29, 1.82) is 0 Å². The molecule has 4 N–H and O–H groups in total. The number of ether oxygens (including phenoxy) is 1. The summed E-state index contributed by atoms with van der Waals surface area (Å²) in [7, 11) is -3.00. The number of piperidine rings is 1. The zero-order chi connectivity index (χ0) is 36.1. The Kier molecular flexibility index (Phi) is 10.0. The van der Waals surface area contributed by atoms with Gasteiger partial charge in [0, 0.05) is 40.3 Å². The monoisotopic (exact) mass is 774 g/mol. The van der Waals surface area contributed by atoms with E-state index in [1.807, 2.05) is 86.7 Å². The van der Waals surface area contributed by atoms with E-state index in [9.17, 15) is 24.3 Å². The molecule has 0 aliphatic carbocycles. The summed E-state index contributed by atoms with van der Waals surface area (Å²) in [6.45, 7) is 7.82. The second-order valence-corrected chi connectivity index (χ2v) is 20.1. The molecule has 51 heavy (non-hydrogen) atoms. The lowest BCUT2D eigenvalue weighted by Gasteiger charge is -2.37. The number of aliphatic hydroxyl groups excluding tert-OH is 1. The van der Waals surface area contributed by atoms with E-state index in [-0.39, 0.29) is 49.3 Å². The average Bonchev–Trinajstić information content (AvgIpc) is 3.54. The van der Waals surface area contributed by atoms with Gasteiger partial charge in [0.2, 0.25) is 11.8 Å². The first-order valence-electron chi connectivity index (χ1n) is 18.0. The van der Waals surface area contributed by atoms with Gasteiger partial charge in [0.15, 0.2) is 13.9 Å². The van der Waals surface area contributed by atoms with Gasteiger partial charge in [0.05, 0.1) is 43.3 Å². The van der Waals surface area contributed by atoms with Gasteiger partial charge >= 0.3 is 0 Å². The van der Waals surface area contributed by atoms with Crippen LogP contribution in [0, 0.1) is 11.8 Å². The Balaban J connectivity index is 1.15. The molecule has 0 bridgehead atoms. The predicted octanol–water partition coefficient (Wildman–Crippen LogP) is 5.07. The molecule has 1 spiro atoms.